The minimum atomic E-state index is -5.94. The molecule has 8 rings (SSSR count). The van der Waals surface area contributed by atoms with E-state index in [0.717, 1.165) is 11.8 Å². The highest BCUT2D eigenvalue weighted by atomic mass is 32.2. The number of esters is 2. The third kappa shape index (κ3) is 4.53. The van der Waals surface area contributed by atoms with Crippen LogP contribution in [0.3, 0.4) is 0 Å². The van der Waals surface area contributed by atoms with Crippen LogP contribution in [-0.4, -0.2) is 96.5 Å². The van der Waals surface area contributed by atoms with Crippen molar-refractivity contribution in [3.8, 4) is 0 Å². The van der Waals surface area contributed by atoms with Gasteiger partial charge in [0, 0.05) is 24.7 Å². The second kappa shape index (κ2) is 10.0. The average molecular weight is 704 g/mol. The van der Waals surface area contributed by atoms with Gasteiger partial charge in [-0.3, -0.25) is 28.6 Å². The summed E-state index contributed by atoms with van der Waals surface area (Å²) in [5, 5.41) is -4.84. The zero-order valence-electron chi connectivity index (χ0n) is 24.7. The Labute approximate surface area is 263 Å². The van der Waals surface area contributed by atoms with Gasteiger partial charge in [-0.15, -0.1) is 0 Å². The summed E-state index contributed by atoms with van der Waals surface area (Å²) in [6.45, 7) is -4.08. The monoisotopic (exact) mass is 703 g/mol. The summed E-state index contributed by atoms with van der Waals surface area (Å²) in [5.41, 5.74) is -1.22. The first kappa shape index (κ1) is 33.0. The molecule has 0 aromatic carbocycles. The Morgan fingerprint density at radius 2 is 1.55 bits per heavy atom. The van der Waals surface area contributed by atoms with Gasteiger partial charge in [0.15, 0.2) is 12.4 Å². The molecule has 0 radical (unpaired) electrons. The number of carbonyl (C=O) groups is 4. The molecule has 8 aliphatic rings. The number of likely N-dealkylation sites (tertiary alicyclic amines) is 1. The molecule has 8 unspecified atom stereocenters. The maximum atomic E-state index is 14.2. The van der Waals surface area contributed by atoms with Crippen molar-refractivity contribution >= 4 is 33.9 Å². The fourth-order valence-electron chi connectivity index (χ4n) is 10.0. The van der Waals surface area contributed by atoms with Crippen LogP contribution in [0.4, 0.5) is 26.3 Å². The first-order valence-corrected chi connectivity index (χ1v) is 16.7. The SMILES string of the molecule is CC(=O)N1C(=O)C2C3CC(C(OC(=O)C45CC6CC(C4)C4(OCC(F)(F)C(F)(F)CO4)C(C6)C5)C31)C2C(=O)OCC(F)(F)S(=O)(=O)O. The Kier molecular flexibility index (Phi) is 7.04. The highest BCUT2D eigenvalue weighted by Gasteiger charge is 2.74. The van der Waals surface area contributed by atoms with Gasteiger partial charge in [-0.2, -0.15) is 34.8 Å². The predicted molar refractivity (Wildman–Crippen MR) is 138 cm³/mol. The smallest absolute Gasteiger partial charge is 0.402 e. The van der Waals surface area contributed by atoms with E-state index in [2.05, 4.69) is 4.74 Å². The van der Waals surface area contributed by atoms with E-state index >= 15 is 0 Å². The molecular weight excluding hydrogens is 672 g/mol. The van der Waals surface area contributed by atoms with Gasteiger partial charge in [-0.25, -0.2) is 0 Å². The molecule has 2 amide bonds. The zero-order valence-corrected chi connectivity index (χ0v) is 25.5. The third-order valence-corrected chi connectivity index (χ3v) is 12.6. The van der Waals surface area contributed by atoms with Crippen LogP contribution in [0.2, 0.25) is 0 Å². The molecule has 1 spiro atoms. The van der Waals surface area contributed by atoms with Crippen LogP contribution < -0.4 is 0 Å². The lowest BCUT2D eigenvalue weighted by molar-refractivity contribution is -0.346. The van der Waals surface area contributed by atoms with Crippen molar-refractivity contribution < 1.29 is 77.4 Å². The molecule has 0 aromatic heterocycles. The lowest BCUT2D eigenvalue weighted by Gasteiger charge is -2.62. The topological polar surface area (TPSA) is 163 Å². The number of imide groups is 1. The first-order chi connectivity index (χ1) is 21.6. The van der Waals surface area contributed by atoms with Crippen LogP contribution in [0, 0.1) is 46.8 Å². The molecule has 47 heavy (non-hydrogen) atoms. The Morgan fingerprint density at radius 1 is 0.979 bits per heavy atom. The van der Waals surface area contributed by atoms with E-state index in [0.29, 0.717) is 19.3 Å². The van der Waals surface area contributed by atoms with Gasteiger partial charge in [0.25, 0.3) is 0 Å². The molecule has 2 aliphatic heterocycles. The Morgan fingerprint density at radius 3 is 2.09 bits per heavy atom. The standard InChI is InChI=1S/C28H31F6NO11S/c1-11(36)35-19-15-4-16(18(17(15)21(35)37)22(38)43-10-27(33,34)47(40,41)42)20(19)46-23(39)24-5-12-2-13(6-24)28(14(3-12)7-24)44-8-25(29,30)26(31,32)9-45-28/h12-20H,2-10H2,1H3,(H,40,41,42). The van der Waals surface area contributed by atoms with Gasteiger partial charge in [0.1, 0.15) is 19.3 Å². The number of carbonyl (C=O) groups excluding carboxylic acids is 4. The molecule has 6 aliphatic carbocycles. The van der Waals surface area contributed by atoms with E-state index in [4.69, 9.17) is 18.8 Å². The number of nitrogens with zero attached hydrogens (tertiary/aromatic N) is 1. The summed E-state index contributed by atoms with van der Waals surface area (Å²) < 4.78 is 137. The van der Waals surface area contributed by atoms with Crippen molar-refractivity contribution in [2.24, 2.45) is 46.8 Å². The second-order valence-corrected chi connectivity index (χ2v) is 15.8. The van der Waals surface area contributed by atoms with Crippen LogP contribution in [-0.2, 0) is 48.2 Å². The van der Waals surface area contributed by atoms with E-state index < -0.39 is 130 Å². The van der Waals surface area contributed by atoms with Gasteiger partial charge in [-0.1, -0.05) is 0 Å². The van der Waals surface area contributed by atoms with Gasteiger partial charge in [0.2, 0.25) is 11.8 Å². The average Bonchev–Trinajstić information content (AvgIpc) is 3.55. The fourth-order valence-corrected chi connectivity index (χ4v) is 10.2. The highest BCUT2D eigenvalue weighted by molar-refractivity contribution is 7.86. The molecule has 2 heterocycles. The summed E-state index contributed by atoms with van der Waals surface area (Å²) in [4.78, 5) is 54.0. The molecule has 19 heteroatoms. The molecule has 8 fully saturated rings. The van der Waals surface area contributed by atoms with Gasteiger partial charge >= 0.3 is 39.2 Å². The van der Waals surface area contributed by atoms with Crippen molar-refractivity contribution in [2.75, 3.05) is 19.8 Å². The minimum absolute atomic E-state index is 0.00434. The number of ether oxygens (including phenoxy) is 4. The lowest BCUT2D eigenvalue weighted by Crippen LogP contribution is -2.65. The molecule has 1 N–H and O–H groups in total. The molecule has 0 aromatic rings. The Hall–Kier alpha value is -2.51. The van der Waals surface area contributed by atoms with Gasteiger partial charge in [-0.05, 0) is 50.4 Å². The van der Waals surface area contributed by atoms with Crippen LogP contribution in [0.15, 0.2) is 0 Å². The number of fused-ring (bicyclic) bond motifs is 1. The maximum absolute atomic E-state index is 14.2. The molecular formula is C28H31F6NO11S. The Bertz CT molecular complexity index is 1500. The number of rotatable bonds is 6. The molecule has 262 valence electrons. The van der Waals surface area contributed by atoms with E-state index in [1.807, 2.05) is 0 Å². The highest BCUT2D eigenvalue weighted by Crippen LogP contribution is 2.67. The lowest BCUT2D eigenvalue weighted by atomic mass is 9.47. The molecule has 6 bridgehead atoms. The zero-order chi connectivity index (χ0) is 34.3. The third-order valence-electron chi connectivity index (χ3n) is 11.7. The number of hydrogen-bond acceptors (Lipinski definition) is 10. The molecule has 12 nitrogen and oxygen atoms in total. The van der Waals surface area contributed by atoms with E-state index in [1.165, 1.54) is 0 Å². The van der Waals surface area contributed by atoms with Gasteiger partial charge in [0.05, 0.1) is 23.3 Å². The molecule has 2 saturated heterocycles. The largest absolute Gasteiger partial charge is 0.459 e. The summed E-state index contributed by atoms with van der Waals surface area (Å²) in [7, 11) is -5.94. The Balaban J connectivity index is 1.13. The van der Waals surface area contributed by atoms with Gasteiger partial charge < -0.3 is 18.9 Å². The second-order valence-electron chi connectivity index (χ2n) is 14.3. The first-order valence-electron chi connectivity index (χ1n) is 15.2. The van der Waals surface area contributed by atoms with E-state index in [9.17, 15) is 53.9 Å². The van der Waals surface area contributed by atoms with Crippen molar-refractivity contribution in [1.29, 1.82) is 0 Å². The number of halogens is 6. The maximum Gasteiger partial charge on any atom is 0.402 e. The number of amides is 2. The number of alkyl halides is 6. The summed E-state index contributed by atoms with van der Waals surface area (Å²) in [6, 6.07) is -0.972. The quantitative estimate of drug-likeness (QED) is 0.246. The molecule has 6 saturated carbocycles. The predicted octanol–water partition coefficient (Wildman–Crippen LogP) is 2.40. The van der Waals surface area contributed by atoms with Crippen LogP contribution in [0.5, 0.6) is 0 Å². The normalized spacial score (nSPS) is 42.1. The van der Waals surface area contributed by atoms with Crippen molar-refractivity contribution in [3.05, 3.63) is 0 Å². The fraction of sp³-hybridized carbons (Fsp3) is 0.857. The number of hydrogen-bond donors (Lipinski definition) is 1. The van der Waals surface area contributed by atoms with Crippen LogP contribution in [0.25, 0.3) is 0 Å². The van der Waals surface area contributed by atoms with Crippen molar-refractivity contribution in [1.82, 2.24) is 4.90 Å². The van der Waals surface area contributed by atoms with Crippen molar-refractivity contribution in [2.45, 2.75) is 80.5 Å². The summed E-state index contributed by atoms with van der Waals surface area (Å²) in [5.74, 6) is -20.2. The van der Waals surface area contributed by atoms with Crippen molar-refractivity contribution in [3.63, 3.8) is 0 Å². The van der Waals surface area contributed by atoms with Crippen LogP contribution in [0.1, 0.15) is 45.4 Å². The summed E-state index contributed by atoms with van der Waals surface area (Å²) in [6.07, 6.45) is -0.133. The van der Waals surface area contributed by atoms with Crippen LogP contribution >= 0.6 is 0 Å². The summed E-state index contributed by atoms with van der Waals surface area (Å²) >= 11 is 0. The van der Waals surface area contributed by atoms with E-state index in [-0.39, 0.29) is 25.2 Å². The molecule has 8 atom stereocenters. The van der Waals surface area contributed by atoms with E-state index in [1.54, 1.807) is 0 Å². The minimum Gasteiger partial charge on any atom is -0.459 e.